The van der Waals surface area contributed by atoms with E-state index in [0.717, 1.165) is 12.1 Å². The molecule has 100 valence electrons. The van der Waals surface area contributed by atoms with Crippen molar-refractivity contribution in [3.8, 4) is 0 Å². The maximum absolute atomic E-state index is 13.2. The Kier molecular flexibility index (Phi) is 3.56. The topological polar surface area (TPSA) is 72.6 Å². The second-order valence-electron chi connectivity index (χ2n) is 4.26. The number of sulfonamides is 1. The normalized spacial score (nSPS) is 20.5. The molecule has 1 saturated heterocycles. The predicted molar refractivity (Wildman–Crippen MR) is 65.0 cm³/mol. The van der Waals surface area contributed by atoms with E-state index in [1.807, 2.05) is 0 Å². The summed E-state index contributed by atoms with van der Waals surface area (Å²) in [6, 6.07) is 3.10. The summed E-state index contributed by atoms with van der Waals surface area (Å²) in [7, 11) is -2.27. The quantitative estimate of drug-likeness (QED) is 0.828. The van der Waals surface area contributed by atoms with E-state index in [1.165, 1.54) is 17.4 Å². The first-order chi connectivity index (χ1) is 8.41. The SMILES string of the molecule is CN(C1CCOC1)S(=O)(=O)c1cc(N)cc(F)c1. The summed E-state index contributed by atoms with van der Waals surface area (Å²) in [5.41, 5.74) is 5.55. The first-order valence-corrected chi connectivity index (χ1v) is 6.97. The number of hydrogen-bond acceptors (Lipinski definition) is 4. The van der Waals surface area contributed by atoms with E-state index in [2.05, 4.69) is 0 Å². The first-order valence-electron chi connectivity index (χ1n) is 5.53. The standard InChI is InChI=1S/C11H15FN2O3S/c1-14(10-2-3-17-7-10)18(15,16)11-5-8(12)4-9(13)6-11/h4-6,10H,2-3,7,13H2,1H3. The molecule has 7 heteroatoms. The van der Waals surface area contributed by atoms with Crippen LogP contribution in [0.1, 0.15) is 6.42 Å². The van der Waals surface area contributed by atoms with Gasteiger partial charge in [-0.2, -0.15) is 4.31 Å². The molecule has 1 aromatic carbocycles. The zero-order valence-electron chi connectivity index (χ0n) is 9.97. The maximum atomic E-state index is 13.2. The average Bonchev–Trinajstić information content (AvgIpc) is 2.79. The molecule has 1 heterocycles. The molecule has 0 aliphatic carbocycles. The number of nitrogens with zero attached hydrogens (tertiary/aromatic N) is 1. The minimum absolute atomic E-state index is 0.0876. The fraction of sp³-hybridized carbons (Fsp3) is 0.455. The Morgan fingerprint density at radius 2 is 2.17 bits per heavy atom. The Bertz CT molecular complexity index is 521. The van der Waals surface area contributed by atoms with E-state index in [0.29, 0.717) is 19.6 Å². The summed E-state index contributed by atoms with van der Waals surface area (Å²) in [5, 5.41) is 0. The van der Waals surface area contributed by atoms with Crippen LogP contribution >= 0.6 is 0 Å². The molecule has 0 bridgehead atoms. The van der Waals surface area contributed by atoms with E-state index < -0.39 is 15.8 Å². The Hall–Kier alpha value is -1.18. The van der Waals surface area contributed by atoms with Gasteiger partial charge in [-0.3, -0.25) is 0 Å². The molecule has 0 spiro atoms. The van der Waals surface area contributed by atoms with Crippen LogP contribution in [-0.4, -0.2) is 39.0 Å². The van der Waals surface area contributed by atoms with Gasteiger partial charge in [-0.05, 0) is 24.6 Å². The minimum atomic E-state index is -3.73. The van der Waals surface area contributed by atoms with Crippen LogP contribution < -0.4 is 5.73 Å². The summed E-state index contributed by atoms with van der Waals surface area (Å²) in [6.45, 7) is 0.899. The van der Waals surface area contributed by atoms with Gasteiger partial charge in [0.25, 0.3) is 0 Å². The number of ether oxygens (including phenoxy) is 1. The fourth-order valence-corrected chi connectivity index (χ4v) is 3.34. The Balaban J connectivity index is 2.34. The van der Waals surface area contributed by atoms with E-state index in [9.17, 15) is 12.8 Å². The van der Waals surface area contributed by atoms with Gasteiger partial charge in [0.15, 0.2) is 0 Å². The van der Waals surface area contributed by atoms with Gasteiger partial charge in [0.1, 0.15) is 5.82 Å². The number of benzene rings is 1. The lowest BCUT2D eigenvalue weighted by atomic mass is 10.3. The molecule has 0 amide bonds. The summed E-state index contributed by atoms with van der Waals surface area (Å²) >= 11 is 0. The molecular weight excluding hydrogens is 259 g/mol. The van der Waals surface area contributed by atoms with Crippen LogP contribution in [0.2, 0.25) is 0 Å². The van der Waals surface area contributed by atoms with Crippen LogP contribution in [0.3, 0.4) is 0 Å². The van der Waals surface area contributed by atoms with Crippen LogP contribution in [0, 0.1) is 5.82 Å². The van der Waals surface area contributed by atoms with Crippen molar-refractivity contribution in [1.29, 1.82) is 0 Å². The average molecular weight is 274 g/mol. The van der Waals surface area contributed by atoms with Crippen LogP contribution in [0.25, 0.3) is 0 Å². The van der Waals surface area contributed by atoms with Crippen LogP contribution in [-0.2, 0) is 14.8 Å². The highest BCUT2D eigenvalue weighted by atomic mass is 32.2. The van der Waals surface area contributed by atoms with Crippen molar-refractivity contribution in [2.45, 2.75) is 17.4 Å². The van der Waals surface area contributed by atoms with Crippen molar-refractivity contribution in [3.05, 3.63) is 24.0 Å². The van der Waals surface area contributed by atoms with Gasteiger partial charge in [-0.25, -0.2) is 12.8 Å². The molecule has 0 aromatic heterocycles. The van der Waals surface area contributed by atoms with E-state index >= 15 is 0 Å². The maximum Gasteiger partial charge on any atom is 0.243 e. The predicted octanol–water partition coefficient (Wildman–Crippen LogP) is 0.817. The van der Waals surface area contributed by atoms with Crippen LogP contribution in [0.15, 0.2) is 23.1 Å². The van der Waals surface area contributed by atoms with Crippen molar-refractivity contribution >= 4 is 15.7 Å². The fourth-order valence-electron chi connectivity index (χ4n) is 1.90. The van der Waals surface area contributed by atoms with E-state index in [1.54, 1.807) is 0 Å². The third-order valence-electron chi connectivity index (χ3n) is 2.99. The van der Waals surface area contributed by atoms with Gasteiger partial charge in [-0.1, -0.05) is 0 Å². The number of rotatable bonds is 3. The zero-order valence-corrected chi connectivity index (χ0v) is 10.8. The summed E-state index contributed by atoms with van der Waals surface area (Å²) < 4.78 is 44.1. The van der Waals surface area contributed by atoms with Crippen molar-refractivity contribution in [3.63, 3.8) is 0 Å². The number of anilines is 1. The molecule has 1 unspecified atom stereocenters. The summed E-state index contributed by atoms with van der Waals surface area (Å²) in [5.74, 6) is -0.662. The third kappa shape index (κ3) is 2.47. The van der Waals surface area contributed by atoms with Crippen molar-refractivity contribution in [1.82, 2.24) is 4.31 Å². The van der Waals surface area contributed by atoms with E-state index in [-0.39, 0.29) is 16.6 Å². The minimum Gasteiger partial charge on any atom is -0.399 e. The zero-order chi connectivity index (χ0) is 13.3. The Morgan fingerprint density at radius 1 is 1.44 bits per heavy atom. The van der Waals surface area contributed by atoms with Gasteiger partial charge in [0, 0.05) is 19.3 Å². The number of nitrogen functional groups attached to an aromatic ring is 1. The molecule has 5 nitrogen and oxygen atoms in total. The lowest BCUT2D eigenvalue weighted by Crippen LogP contribution is -2.37. The van der Waals surface area contributed by atoms with Crippen LogP contribution in [0.5, 0.6) is 0 Å². The Labute approximate surface area is 105 Å². The lowest BCUT2D eigenvalue weighted by molar-refractivity contribution is 0.181. The lowest BCUT2D eigenvalue weighted by Gasteiger charge is -2.22. The monoisotopic (exact) mass is 274 g/mol. The summed E-state index contributed by atoms with van der Waals surface area (Å²) in [6.07, 6.45) is 0.639. The summed E-state index contributed by atoms with van der Waals surface area (Å²) in [4.78, 5) is -0.130. The van der Waals surface area contributed by atoms with Gasteiger partial charge < -0.3 is 10.5 Å². The molecule has 1 aliphatic rings. The third-order valence-corrected chi connectivity index (χ3v) is 4.88. The largest absolute Gasteiger partial charge is 0.399 e. The second kappa shape index (κ2) is 4.83. The molecule has 2 rings (SSSR count). The van der Waals surface area contributed by atoms with Gasteiger partial charge >= 0.3 is 0 Å². The Morgan fingerprint density at radius 3 is 2.72 bits per heavy atom. The van der Waals surface area contributed by atoms with Gasteiger partial charge in [0.2, 0.25) is 10.0 Å². The molecule has 1 aliphatic heterocycles. The van der Waals surface area contributed by atoms with Gasteiger partial charge in [-0.15, -0.1) is 0 Å². The number of halogens is 1. The first kappa shape index (κ1) is 13.3. The highest BCUT2D eigenvalue weighted by molar-refractivity contribution is 7.89. The number of likely N-dealkylation sites (N-methyl/N-ethyl adjacent to an activating group) is 1. The molecule has 2 N–H and O–H groups in total. The van der Waals surface area contributed by atoms with Crippen molar-refractivity contribution in [2.75, 3.05) is 26.0 Å². The molecule has 0 radical (unpaired) electrons. The van der Waals surface area contributed by atoms with E-state index in [4.69, 9.17) is 10.5 Å². The molecule has 18 heavy (non-hydrogen) atoms. The van der Waals surface area contributed by atoms with Crippen molar-refractivity contribution < 1.29 is 17.5 Å². The highest BCUT2D eigenvalue weighted by Crippen LogP contribution is 2.23. The van der Waals surface area contributed by atoms with Gasteiger partial charge in [0.05, 0.1) is 17.5 Å². The molecule has 0 saturated carbocycles. The molecular formula is C11H15FN2O3S. The number of hydrogen-bond donors (Lipinski definition) is 1. The second-order valence-corrected chi connectivity index (χ2v) is 6.26. The molecule has 1 aromatic rings. The smallest absolute Gasteiger partial charge is 0.243 e. The number of nitrogens with two attached hydrogens (primary N) is 1. The molecule has 1 atom stereocenters. The van der Waals surface area contributed by atoms with Crippen molar-refractivity contribution in [2.24, 2.45) is 0 Å². The molecule has 1 fully saturated rings. The highest BCUT2D eigenvalue weighted by Gasteiger charge is 2.31. The van der Waals surface area contributed by atoms with Crippen LogP contribution in [0.4, 0.5) is 10.1 Å².